The van der Waals surface area contributed by atoms with Gasteiger partial charge in [0.15, 0.2) is 5.82 Å². The summed E-state index contributed by atoms with van der Waals surface area (Å²) in [6.07, 6.45) is 0. The lowest BCUT2D eigenvalue weighted by Gasteiger charge is -2.21. The van der Waals surface area contributed by atoms with E-state index >= 15 is 0 Å². The quantitative estimate of drug-likeness (QED) is 0.204. The van der Waals surface area contributed by atoms with Crippen molar-refractivity contribution in [1.82, 2.24) is 9.97 Å². The fraction of sp³-hybridized carbons (Fsp3) is 0.0698. The number of fused-ring (bicyclic) bond motifs is 3. The second-order valence-electron chi connectivity index (χ2n) is 12.3. The summed E-state index contributed by atoms with van der Waals surface area (Å²) >= 11 is 0. The van der Waals surface area contributed by atoms with Gasteiger partial charge in [-0.1, -0.05) is 159 Å². The van der Waals surface area contributed by atoms with E-state index in [9.17, 15) is 0 Å². The van der Waals surface area contributed by atoms with Gasteiger partial charge in [0.25, 0.3) is 0 Å². The van der Waals surface area contributed by atoms with Crippen LogP contribution >= 0.6 is 0 Å². The van der Waals surface area contributed by atoms with Gasteiger partial charge in [0, 0.05) is 22.1 Å². The molecule has 0 radical (unpaired) electrons. The third-order valence-electron chi connectivity index (χ3n) is 9.12. The van der Waals surface area contributed by atoms with Crippen molar-refractivity contribution in [2.24, 2.45) is 0 Å². The van der Waals surface area contributed by atoms with E-state index in [-0.39, 0.29) is 5.41 Å². The summed E-state index contributed by atoms with van der Waals surface area (Å²) in [4.78, 5) is 10.00. The highest BCUT2D eigenvalue weighted by molar-refractivity contribution is 5.92. The molecule has 0 fully saturated rings. The van der Waals surface area contributed by atoms with Crippen molar-refractivity contribution in [3.63, 3.8) is 0 Å². The van der Waals surface area contributed by atoms with Gasteiger partial charge in [0.1, 0.15) is 0 Å². The van der Waals surface area contributed by atoms with Crippen molar-refractivity contribution < 1.29 is 0 Å². The molecule has 0 aliphatic heterocycles. The molecule has 0 bridgehead atoms. The molecule has 1 aliphatic rings. The lowest BCUT2D eigenvalue weighted by Crippen LogP contribution is -2.14. The van der Waals surface area contributed by atoms with Gasteiger partial charge in [-0.25, -0.2) is 9.97 Å². The number of hydrogen-bond acceptors (Lipinski definition) is 2. The first-order chi connectivity index (χ1) is 22.1. The summed E-state index contributed by atoms with van der Waals surface area (Å²) in [6.45, 7) is 4.67. The highest BCUT2D eigenvalue weighted by atomic mass is 14.9. The SMILES string of the molecule is CC1(C)c2ccccc2-c2c(-c3ccc(-c4cccc(-c5cc(-c6ccccc6)nc(-c6ccccc6)n5)c4)cc3)cccc21. The van der Waals surface area contributed by atoms with Gasteiger partial charge >= 0.3 is 0 Å². The summed E-state index contributed by atoms with van der Waals surface area (Å²) in [5.41, 5.74) is 15.3. The largest absolute Gasteiger partial charge is 0.228 e. The predicted molar refractivity (Wildman–Crippen MR) is 187 cm³/mol. The van der Waals surface area contributed by atoms with E-state index in [2.05, 4.69) is 135 Å². The van der Waals surface area contributed by atoms with Crippen LogP contribution in [0.25, 0.3) is 67.3 Å². The van der Waals surface area contributed by atoms with Crippen LogP contribution in [0.2, 0.25) is 0 Å². The third kappa shape index (κ3) is 4.76. The Morgan fingerprint density at radius 3 is 1.67 bits per heavy atom. The van der Waals surface area contributed by atoms with Gasteiger partial charge < -0.3 is 0 Å². The van der Waals surface area contributed by atoms with Crippen molar-refractivity contribution in [2.75, 3.05) is 0 Å². The maximum absolute atomic E-state index is 5.04. The average Bonchev–Trinajstić information content (AvgIpc) is 3.35. The summed E-state index contributed by atoms with van der Waals surface area (Å²) in [6, 6.07) is 55.9. The molecular weight excluding hydrogens is 544 g/mol. The lowest BCUT2D eigenvalue weighted by atomic mass is 9.82. The number of nitrogens with zero attached hydrogens (tertiary/aromatic N) is 2. The Bertz CT molecular complexity index is 2100. The Morgan fingerprint density at radius 2 is 0.911 bits per heavy atom. The molecule has 0 saturated heterocycles. The van der Waals surface area contributed by atoms with Crippen LogP contribution in [0.1, 0.15) is 25.0 Å². The fourth-order valence-corrected chi connectivity index (χ4v) is 6.76. The fourth-order valence-electron chi connectivity index (χ4n) is 6.76. The van der Waals surface area contributed by atoms with Crippen LogP contribution in [0, 0.1) is 0 Å². The number of benzene rings is 6. The highest BCUT2D eigenvalue weighted by Crippen LogP contribution is 2.52. The first-order valence-electron chi connectivity index (χ1n) is 15.5. The molecule has 0 saturated carbocycles. The highest BCUT2D eigenvalue weighted by Gasteiger charge is 2.36. The minimum absolute atomic E-state index is 0.00986. The normalized spacial score (nSPS) is 12.8. The summed E-state index contributed by atoms with van der Waals surface area (Å²) in [7, 11) is 0. The summed E-state index contributed by atoms with van der Waals surface area (Å²) in [5, 5.41) is 0. The van der Waals surface area contributed by atoms with Gasteiger partial charge in [0.05, 0.1) is 11.4 Å². The molecule has 0 N–H and O–H groups in total. The Kier molecular flexibility index (Phi) is 6.50. The lowest BCUT2D eigenvalue weighted by molar-refractivity contribution is 0.660. The molecule has 0 atom stereocenters. The van der Waals surface area contributed by atoms with Crippen LogP contribution in [0.3, 0.4) is 0 Å². The minimum Gasteiger partial charge on any atom is -0.228 e. The molecule has 0 amide bonds. The Hall–Kier alpha value is -5.60. The van der Waals surface area contributed by atoms with Crippen LogP contribution in [0.15, 0.2) is 158 Å². The van der Waals surface area contributed by atoms with Crippen molar-refractivity contribution >= 4 is 0 Å². The molecule has 214 valence electrons. The van der Waals surface area contributed by atoms with E-state index in [4.69, 9.17) is 9.97 Å². The molecule has 1 heterocycles. The van der Waals surface area contributed by atoms with Crippen molar-refractivity contribution in [1.29, 1.82) is 0 Å². The van der Waals surface area contributed by atoms with E-state index in [0.717, 1.165) is 39.5 Å². The van der Waals surface area contributed by atoms with Crippen LogP contribution in [-0.2, 0) is 5.41 Å². The third-order valence-corrected chi connectivity index (χ3v) is 9.12. The van der Waals surface area contributed by atoms with E-state index < -0.39 is 0 Å². The first-order valence-corrected chi connectivity index (χ1v) is 15.5. The van der Waals surface area contributed by atoms with Crippen molar-refractivity contribution in [3.05, 3.63) is 169 Å². The van der Waals surface area contributed by atoms with E-state index in [1.165, 1.54) is 38.9 Å². The summed E-state index contributed by atoms with van der Waals surface area (Å²) < 4.78 is 0. The maximum Gasteiger partial charge on any atom is 0.160 e. The molecule has 8 rings (SSSR count). The zero-order valence-electron chi connectivity index (χ0n) is 25.4. The number of aromatic nitrogens is 2. The standard InChI is InChI=1S/C43H32N2/c1-43(2)37-21-10-9-19-36(37)41-35(20-12-22-38(41)43)30-25-23-29(24-26-30)33-17-11-18-34(27-33)40-28-39(31-13-5-3-6-14-31)44-42(45-40)32-15-7-4-8-16-32/h3-28H,1-2H3. The van der Waals surface area contributed by atoms with Crippen molar-refractivity contribution in [2.45, 2.75) is 19.3 Å². The number of hydrogen-bond donors (Lipinski definition) is 0. The second-order valence-corrected chi connectivity index (χ2v) is 12.3. The average molecular weight is 577 g/mol. The number of rotatable bonds is 5. The van der Waals surface area contributed by atoms with Gasteiger partial charge in [-0.2, -0.15) is 0 Å². The van der Waals surface area contributed by atoms with Gasteiger partial charge in [-0.15, -0.1) is 0 Å². The molecule has 0 unspecified atom stereocenters. The van der Waals surface area contributed by atoms with Crippen LogP contribution in [-0.4, -0.2) is 9.97 Å². The molecule has 2 nitrogen and oxygen atoms in total. The Labute approximate surface area is 264 Å². The van der Waals surface area contributed by atoms with Gasteiger partial charge in [0.2, 0.25) is 0 Å². The molecule has 0 spiro atoms. The van der Waals surface area contributed by atoms with Crippen LogP contribution in [0.5, 0.6) is 0 Å². The smallest absolute Gasteiger partial charge is 0.160 e. The Morgan fingerprint density at radius 1 is 0.378 bits per heavy atom. The van der Waals surface area contributed by atoms with E-state index in [1.54, 1.807) is 0 Å². The molecule has 1 aliphatic carbocycles. The summed E-state index contributed by atoms with van der Waals surface area (Å²) in [5.74, 6) is 0.724. The van der Waals surface area contributed by atoms with Gasteiger partial charge in [-0.3, -0.25) is 0 Å². The van der Waals surface area contributed by atoms with E-state index in [1.807, 2.05) is 36.4 Å². The molecule has 6 aromatic carbocycles. The molecule has 1 aromatic heterocycles. The molecule has 2 heteroatoms. The molecule has 7 aromatic rings. The molecule has 45 heavy (non-hydrogen) atoms. The predicted octanol–water partition coefficient (Wildman–Crippen LogP) is 11.1. The zero-order chi connectivity index (χ0) is 30.4. The first kappa shape index (κ1) is 27.0. The second kappa shape index (κ2) is 10.8. The monoisotopic (exact) mass is 576 g/mol. The van der Waals surface area contributed by atoms with Crippen LogP contribution in [0.4, 0.5) is 0 Å². The maximum atomic E-state index is 5.04. The van der Waals surface area contributed by atoms with Gasteiger partial charge in [-0.05, 0) is 56.6 Å². The van der Waals surface area contributed by atoms with Crippen LogP contribution < -0.4 is 0 Å². The molecular formula is C43H32N2. The van der Waals surface area contributed by atoms with Crippen molar-refractivity contribution in [3.8, 4) is 67.3 Å². The topological polar surface area (TPSA) is 25.8 Å². The Balaban J connectivity index is 1.17. The zero-order valence-corrected chi connectivity index (χ0v) is 25.4. The minimum atomic E-state index is -0.00986. The van der Waals surface area contributed by atoms with E-state index in [0.29, 0.717) is 0 Å².